The van der Waals surface area contributed by atoms with E-state index in [0.29, 0.717) is 63.4 Å². The van der Waals surface area contributed by atoms with E-state index in [1.54, 1.807) is 12.0 Å². The number of methoxy groups -OCH3 is 1. The molecular formula is C23H30N2O5. The molecule has 2 saturated heterocycles. The Kier molecular flexibility index (Phi) is 5.57. The van der Waals surface area contributed by atoms with Gasteiger partial charge in [-0.15, -0.1) is 0 Å². The molecule has 7 heteroatoms. The van der Waals surface area contributed by atoms with Crippen molar-refractivity contribution in [2.75, 3.05) is 39.9 Å². The van der Waals surface area contributed by atoms with Gasteiger partial charge in [0.25, 0.3) is 0 Å². The molecule has 3 aliphatic rings. The molecule has 1 aromatic rings. The summed E-state index contributed by atoms with van der Waals surface area (Å²) in [6.45, 7) is 6.57. The number of carbonyl (C=O) groups is 3. The van der Waals surface area contributed by atoms with Gasteiger partial charge in [0.1, 0.15) is 11.4 Å². The van der Waals surface area contributed by atoms with Gasteiger partial charge in [0.2, 0.25) is 11.8 Å². The summed E-state index contributed by atoms with van der Waals surface area (Å²) in [5.74, 6) is 0.591. The van der Waals surface area contributed by atoms with Crippen LogP contribution in [0.1, 0.15) is 47.2 Å². The topological polar surface area (TPSA) is 76.2 Å². The molecule has 1 unspecified atom stereocenters. The predicted molar refractivity (Wildman–Crippen MR) is 111 cm³/mol. The average Bonchev–Trinajstić information content (AvgIpc) is 3.10. The van der Waals surface area contributed by atoms with Crippen LogP contribution >= 0.6 is 0 Å². The van der Waals surface area contributed by atoms with E-state index in [2.05, 4.69) is 0 Å². The molecule has 0 saturated carbocycles. The SMILES string of the molecule is COCCN1CC(C(=O)N2CCC3(CC2)CC(=O)c2ccc(C)c(C)c2O3)CC1=O. The lowest BCUT2D eigenvalue weighted by atomic mass is 9.81. The van der Waals surface area contributed by atoms with Gasteiger partial charge in [-0.1, -0.05) is 6.07 Å². The van der Waals surface area contributed by atoms with Crippen molar-refractivity contribution >= 4 is 17.6 Å². The molecule has 1 atom stereocenters. The lowest BCUT2D eigenvalue weighted by molar-refractivity contribution is -0.139. The molecule has 0 bridgehead atoms. The maximum atomic E-state index is 13.0. The second-order valence-electron chi connectivity index (χ2n) is 8.83. The molecule has 0 N–H and O–H groups in total. The average molecular weight is 415 g/mol. The third kappa shape index (κ3) is 3.71. The smallest absolute Gasteiger partial charge is 0.227 e. The second-order valence-corrected chi connectivity index (χ2v) is 8.83. The number of ether oxygens (including phenoxy) is 2. The number of fused-ring (bicyclic) bond motifs is 1. The quantitative estimate of drug-likeness (QED) is 0.754. The number of hydrogen-bond donors (Lipinski definition) is 0. The Balaban J connectivity index is 1.40. The highest BCUT2D eigenvalue weighted by Crippen LogP contribution is 2.42. The highest BCUT2D eigenvalue weighted by atomic mass is 16.5. The van der Waals surface area contributed by atoms with Crippen LogP contribution in [-0.2, 0) is 14.3 Å². The Bertz CT molecular complexity index is 873. The van der Waals surface area contributed by atoms with E-state index in [9.17, 15) is 14.4 Å². The monoisotopic (exact) mass is 414 g/mol. The summed E-state index contributed by atoms with van der Waals surface area (Å²) in [6.07, 6.45) is 1.89. The van der Waals surface area contributed by atoms with E-state index in [1.807, 2.05) is 30.9 Å². The fourth-order valence-electron chi connectivity index (χ4n) is 4.81. The number of rotatable bonds is 4. The maximum Gasteiger partial charge on any atom is 0.227 e. The van der Waals surface area contributed by atoms with Crippen molar-refractivity contribution in [2.45, 2.75) is 45.1 Å². The van der Waals surface area contributed by atoms with Crippen LogP contribution in [0.15, 0.2) is 12.1 Å². The molecule has 1 aromatic carbocycles. The van der Waals surface area contributed by atoms with E-state index < -0.39 is 5.60 Å². The van der Waals surface area contributed by atoms with Crippen molar-refractivity contribution in [2.24, 2.45) is 5.92 Å². The molecule has 2 amide bonds. The van der Waals surface area contributed by atoms with E-state index in [-0.39, 0.29) is 29.9 Å². The van der Waals surface area contributed by atoms with Gasteiger partial charge in [0.15, 0.2) is 5.78 Å². The Morgan fingerprint density at radius 1 is 1.23 bits per heavy atom. The molecule has 1 spiro atoms. The fraction of sp³-hybridized carbons (Fsp3) is 0.609. The van der Waals surface area contributed by atoms with Crippen molar-refractivity contribution in [3.8, 4) is 5.75 Å². The molecule has 0 aliphatic carbocycles. The van der Waals surface area contributed by atoms with Gasteiger partial charge < -0.3 is 19.3 Å². The number of piperidine rings is 1. The zero-order valence-electron chi connectivity index (χ0n) is 18.0. The number of benzene rings is 1. The number of aryl methyl sites for hydroxylation is 1. The molecule has 3 heterocycles. The van der Waals surface area contributed by atoms with Gasteiger partial charge in [-0.2, -0.15) is 0 Å². The number of likely N-dealkylation sites (tertiary alicyclic amines) is 2. The Morgan fingerprint density at radius 2 is 1.97 bits per heavy atom. The summed E-state index contributed by atoms with van der Waals surface area (Å²) in [5.41, 5.74) is 2.26. The summed E-state index contributed by atoms with van der Waals surface area (Å²) in [5, 5.41) is 0. The zero-order chi connectivity index (χ0) is 21.5. The molecule has 0 radical (unpaired) electrons. The van der Waals surface area contributed by atoms with Crippen molar-refractivity contribution in [3.63, 3.8) is 0 Å². The molecule has 30 heavy (non-hydrogen) atoms. The maximum absolute atomic E-state index is 13.0. The first-order valence-electron chi connectivity index (χ1n) is 10.7. The molecule has 0 aromatic heterocycles. The van der Waals surface area contributed by atoms with Crippen LogP contribution in [-0.4, -0.2) is 72.9 Å². The Hall–Kier alpha value is -2.41. The predicted octanol–water partition coefficient (Wildman–Crippen LogP) is 2.12. The van der Waals surface area contributed by atoms with E-state index in [0.717, 1.165) is 11.1 Å². The van der Waals surface area contributed by atoms with Crippen LogP contribution < -0.4 is 4.74 Å². The molecule has 4 rings (SSSR count). The largest absolute Gasteiger partial charge is 0.486 e. The van der Waals surface area contributed by atoms with Crippen LogP contribution in [0.3, 0.4) is 0 Å². The lowest BCUT2D eigenvalue weighted by Crippen LogP contribution is -2.53. The number of Topliss-reactive ketones (excluding diaryl/α,β-unsaturated/α-hetero) is 1. The fourth-order valence-corrected chi connectivity index (χ4v) is 4.81. The van der Waals surface area contributed by atoms with Crippen molar-refractivity contribution in [3.05, 3.63) is 28.8 Å². The summed E-state index contributed by atoms with van der Waals surface area (Å²) in [6, 6.07) is 3.82. The highest BCUT2D eigenvalue weighted by molar-refractivity contribution is 6.01. The first-order valence-corrected chi connectivity index (χ1v) is 10.7. The van der Waals surface area contributed by atoms with Crippen molar-refractivity contribution in [1.82, 2.24) is 9.80 Å². The van der Waals surface area contributed by atoms with Crippen molar-refractivity contribution < 1.29 is 23.9 Å². The van der Waals surface area contributed by atoms with Gasteiger partial charge in [-0.05, 0) is 31.0 Å². The van der Waals surface area contributed by atoms with Gasteiger partial charge in [-0.25, -0.2) is 0 Å². The number of ketones is 1. The minimum atomic E-state index is -0.532. The first-order chi connectivity index (χ1) is 14.3. The molecule has 7 nitrogen and oxygen atoms in total. The van der Waals surface area contributed by atoms with Crippen LogP contribution in [0, 0.1) is 19.8 Å². The molecule has 162 valence electrons. The summed E-state index contributed by atoms with van der Waals surface area (Å²) in [7, 11) is 1.60. The molecule has 3 aliphatic heterocycles. The highest BCUT2D eigenvalue weighted by Gasteiger charge is 2.45. The minimum absolute atomic E-state index is 0.0162. The minimum Gasteiger partial charge on any atom is -0.486 e. The third-order valence-corrected chi connectivity index (χ3v) is 6.89. The summed E-state index contributed by atoms with van der Waals surface area (Å²) >= 11 is 0. The Labute approximate surface area is 177 Å². The van der Waals surface area contributed by atoms with Crippen molar-refractivity contribution in [1.29, 1.82) is 0 Å². The van der Waals surface area contributed by atoms with Gasteiger partial charge in [0, 0.05) is 52.6 Å². The van der Waals surface area contributed by atoms with E-state index >= 15 is 0 Å². The molecular weight excluding hydrogens is 384 g/mol. The zero-order valence-corrected chi connectivity index (χ0v) is 18.0. The number of nitrogens with zero attached hydrogens (tertiary/aromatic N) is 2. The van der Waals surface area contributed by atoms with Crippen LogP contribution in [0.2, 0.25) is 0 Å². The van der Waals surface area contributed by atoms with Crippen LogP contribution in [0.5, 0.6) is 5.75 Å². The second kappa shape index (κ2) is 8.02. The first kappa shape index (κ1) is 20.8. The number of carbonyl (C=O) groups excluding carboxylic acids is 3. The summed E-state index contributed by atoms with van der Waals surface area (Å²) < 4.78 is 11.5. The number of amides is 2. The summed E-state index contributed by atoms with van der Waals surface area (Å²) in [4.78, 5) is 41.5. The van der Waals surface area contributed by atoms with E-state index in [4.69, 9.17) is 9.47 Å². The lowest BCUT2D eigenvalue weighted by Gasteiger charge is -2.44. The normalized spacial score (nSPS) is 23.0. The number of hydrogen-bond acceptors (Lipinski definition) is 5. The van der Waals surface area contributed by atoms with Gasteiger partial charge >= 0.3 is 0 Å². The molecule has 2 fully saturated rings. The van der Waals surface area contributed by atoms with Crippen LogP contribution in [0.25, 0.3) is 0 Å². The standard InChI is InChI=1S/C23H30N2O5/c1-15-4-5-18-19(26)13-23(30-21(18)16(15)2)6-8-24(9-7-23)22(28)17-12-20(27)25(14-17)10-11-29-3/h4-5,17H,6-14H2,1-3H3. The van der Waals surface area contributed by atoms with Crippen LogP contribution in [0.4, 0.5) is 0 Å². The van der Waals surface area contributed by atoms with Gasteiger partial charge in [-0.3, -0.25) is 14.4 Å². The van der Waals surface area contributed by atoms with E-state index in [1.165, 1.54) is 0 Å². The Morgan fingerprint density at radius 3 is 2.67 bits per heavy atom. The van der Waals surface area contributed by atoms with Gasteiger partial charge in [0.05, 0.1) is 24.5 Å². The third-order valence-electron chi connectivity index (χ3n) is 6.89.